The lowest BCUT2D eigenvalue weighted by molar-refractivity contribution is 0.0693. The zero-order valence-corrected chi connectivity index (χ0v) is 14.6. The summed E-state index contributed by atoms with van der Waals surface area (Å²) in [5.74, 6) is -1.80. The molecular formula is C19H15NO6S. The first-order valence-corrected chi connectivity index (χ1v) is 9.23. The molecule has 0 radical (unpaired) electrons. The molecule has 7 nitrogen and oxygen atoms in total. The molecule has 8 heteroatoms. The molecule has 0 aromatic heterocycles. The first-order valence-electron chi connectivity index (χ1n) is 7.75. The van der Waals surface area contributed by atoms with E-state index < -0.39 is 21.7 Å². The third kappa shape index (κ3) is 4.01. The Hall–Kier alpha value is -3.52. The molecular weight excluding hydrogens is 370 g/mol. The number of nitrogens with one attached hydrogen (secondary N) is 1. The van der Waals surface area contributed by atoms with E-state index in [9.17, 15) is 23.4 Å². The van der Waals surface area contributed by atoms with Crippen molar-refractivity contribution in [2.75, 3.05) is 4.72 Å². The maximum Gasteiger partial charge on any atom is 0.339 e. The highest BCUT2D eigenvalue weighted by Crippen LogP contribution is 2.27. The fourth-order valence-electron chi connectivity index (χ4n) is 2.52. The lowest BCUT2D eigenvalue weighted by Crippen LogP contribution is -2.13. The first kappa shape index (κ1) is 18.3. The van der Waals surface area contributed by atoms with Gasteiger partial charge in [-0.3, -0.25) is 4.72 Å². The Kier molecular flexibility index (Phi) is 4.74. The Morgan fingerprint density at radius 3 is 2.15 bits per heavy atom. The van der Waals surface area contributed by atoms with E-state index in [-0.39, 0.29) is 21.9 Å². The zero-order valence-electron chi connectivity index (χ0n) is 13.8. The Bertz CT molecular complexity index is 1120. The molecule has 0 saturated carbocycles. The number of aromatic carboxylic acids is 1. The number of anilines is 1. The van der Waals surface area contributed by atoms with Crippen LogP contribution < -0.4 is 4.72 Å². The van der Waals surface area contributed by atoms with Crippen LogP contribution in [0.25, 0.3) is 11.1 Å². The number of hydrogen-bond donors (Lipinski definition) is 4. The molecule has 0 saturated heterocycles. The zero-order chi connectivity index (χ0) is 19.6. The van der Waals surface area contributed by atoms with Crippen molar-refractivity contribution in [1.82, 2.24) is 0 Å². The van der Waals surface area contributed by atoms with Crippen molar-refractivity contribution in [3.05, 3.63) is 72.3 Å². The van der Waals surface area contributed by atoms with Crippen LogP contribution in [0.3, 0.4) is 0 Å². The molecule has 4 N–H and O–H groups in total. The summed E-state index contributed by atoms with van der Waals surface area (Å²) in [6.07, 6.45) is 0. The highest BCUT2D eigenvalue weighted by Gasteiger charge is 2.17. The van der Waals surface area contributed by atoms with Gasteiger partial charge in [0.25, 0.3) is 10.0 Å². The molecule has 0 aliphatic rings. The molecule has 138 valence electrons. The van der Waals surface area contributed by atoms with Gasteiger partial charge >= 0.3 is 5.97 Å². The minimum atomic E-state index is -3.97. The van der Waals surface area contributed by atoms with Crippen LogP contribution in [0.1, 0.15) is 10.4 Å². The molecule has 0 heterocycles. The van der Waals surface area contributed by atoms with E-state index in [1.165, 1.54) is 30.3 Å². The second kappa shape index (κ2) is 7.00. The molecule has 0 fully saturated rings. The number of phenols is 2. The number of carboxylic acid groups (broad SMARTS) is 1. The second-order valence-corrected chi connectivity index (χ2v) is 7.40. The van der Waals surface area contributed by atoms with E-state index in [1.54, 1.807) is 24.3 Å². The smallest absolute Gasteiger partial charge is 0.339 e. The number of aromatic hydroxyl groups is 2. The average molecular weight is 385 g/mol. The van der Waals surface area contributed by atoms with Gasteiger partial charge in [-0.2, -0.15) is 0 Å². The quantitative estimate of drug-likeness (QED) is 0.534. The largest absolute Gasteiger partial charge is 0.508 e. The van der Waals surface area contributed by atoms with Gasteiger partial charge in [-0.1, -0.05) is 24.3 Å². The molecule has 0 amide bonds. The normalized spacial score (nSPS) is 11.1. The molecule has 3 aromatic carbocycles. The van der Waals surface area contributed by atoms with Crippen molar-refractivity contribution in [2.24, 2.45) is 0 Å². The maximum absolute atomic E-state index is 12.6. The fourth-order valence-corrected chi connectivity index (χ4v) is 3.61. The van der Waals surface area contributed by atoms with E-state index in [4.69, 9.17) is 5.11 Å². The fraction of sp³-hybridized carbons (Fsp3) is 0. The number of carbonyl (C=O) groups is 1. The lowest BCUT2D eigenvalue weighted by Gasteiger charge is -2.11. The monoisotopic (exact) mass is 385 g/mol. The Balaban J connectivity index is 1.93. The van der Waals surface area contributed by atoms with Crippen LogP contribution in [0.15, 0.2) is 71.6 Å². The van der Waals surface area contributed by atoms with Crippen LogP contribution in [-0.2, 0) is 10.0 Å². The van der Waals surface area contributed by atoms with Gasteiger partial charge in [0.05, 0.1) is 10.6 Å². The number of carboxylic acids is 1. The molecule has 0 spiro atoms. The summed E-state index contributed by atoms with van der Waals surface area (Å²) >= 11 is 0. The minimum absolute atomic E-state index is 0.0230. The highest BCUT2D eigenvalue weighted by atomic mass is 32.2. The van der Waals surface area contributed by atoms with Gasteiger partial charge in [0.15, 0.2) is 0 Å². The van der Waals surface area contributed by atoms with Gasteiger partial charge in [-0.15, -0.1) is 0 Å². The Labute approximate surface area is 155 Å². The Morgan fingerprint density at radius 1 is 0.852 bits per heavy atom. The number of hydrogen-bond acceptors (Lipinski definition) is 5. The minimum Gasteiger partial charge on any atom is -0.508 e. The van der Waals surface area contributed by atoms with Crippen molar-refractivity contribution in [3.8, 4) is 22.6 Å². The third-order valence-electron chi connectivity index (χ3n) is 3.80. The van der Waals surface area contributed by atoms with Crippen LogP contribution in [0.4, 0.5) is 5.69 Å². The standard InChI is InChI=1S/C19H15NO6S/c21-15-5-1-3-12(9-15)13-4-2-6-16(10-13)27(25,26)20-14-7-8-17(19(23)24)18(22)11-14/h1-11,20-22H,(H,23,24). The molecule has 3 rings (SSSR count). The Morgan fingerprint density at radius 2 is 1.52 bits per heavy atom. The van der Waals surface area contributed by atoms with Gasteiger partial charge in [-0.05, 0) is 47.5 Å². The molecule has 3 aromatic rings. The van der Waals surface area contributed by atoms with Crippen molar-refractivity contribution in [3.63, 3.8) is 0 Å². The summed E-state index contributed by atoms with van der Waals surface area (Å²) in [5.41, 5.74) is 0.942. The molecule has 0 atom stereocenters. The number of benzene rings is 3. The molecule has 0 aliphatic carbocycles. The molecule has 0 unspecified atom stereocenters. The second-order valence-electron chi connectivity index (χ2n) is 5.72. The summed E-state index contributed by atoms with van der Waals surface area (Å²) in [7, 11) is -3.97. The first-order chi connectivity index (χ1) is 12.8. The summed E-state index contributed by atoms with van der Waals surface area (Å²) < 4.78 is 27.5. The van der Waals surface area contributed by atoms with Crippen LogP contribution >= 0.6 is 0 Å². The maximum atomic E-state index is 12.6. The van der Waals surface area contributed by atoms with Crippen molar-refractivity contribution in [2.45, 2.75) is 4.90 Å². The molecule has 27 heavy (non-hydrogen) atoms. The highest BCUT2D eigenvalue weighted by molar-refractivity contribution is 7.92. The van der Waals surface area contributed by atoms with Crippen molar-refractivity contribution >= 4 is 21.7 Å². The summed E-state index contributed by atoms with van der Waals surface area (Å²) in [6, 6.07) is 15.9. The molecule has 0 bridgehead atoms. The van der Waals surface area contributed by atoms with E-state index in [1.807, 2.05) is 0 Å². The third-order valence-corrected chi connectivity index (χ3v) is 5.18. The predicted molar refractivity (Wildman–Crippen MR) is 99.4 cm³/mol. The lowest BCUT2D eigenvalue weighted by atomic mass is 10.1. The van der Waals surface area contributed by atoms with Gasteiger partial charge < -0.3 is 15.3 Å². The van der Waals surface area contributed by atoms with Gasteiger partial charge in [-0.25, -0.2) is 13.2 Å². The van der Waals surface area contributed by atoms with E-state index in [2.05, 4.69) is 4.72 Å². The van der Waals surface area contributed by atoms with Gasteiger partial charge in [0, 0.05) is 6.07 Å². The van der Waals surface area contributed by atoms with E-state index in [0.29, 0.717) is 11.1 Å². The van der Waals surface area contributed by atoms with Crippen LogP contribution in [-0.4, -0.2) is 29.7 Å². The van der Waals surface area contributed by atoms with Crippen LogP contribution in [0.5, 0.6) is 11.5 Å². The summed E-state index contributed by atoms with van der Waals surface area (Å²) in [5, 5.41) is 28.2. The van der Waals surface area contributed by atoms with Crippen molar-refractivity contribution < 1.29 is 28.5 Å². The summed E-state index contributed by atoms with van der Waals surface area (Å²) in [6.45, 7) is 0. The van der Waals surface area contributed by atoms with E-state index >= 15 is 0 Å². The van der Waals surface area contributed by atoms with Crippen LogP contribution in [0.2, 0.25) is 0 Å². The average Bonchev–Trinajstić information content (AvgIpc) is 2.61. The number of sulfonamides is 1. The SMILES string of the molecule is O=C(O)c1ccc(NS(=O)(=O)c2cccc(-c3cccc(O)c3)c2)cc1O. The van der Waals surface area contributed by atoms with Crippen molar-refractivity contribution in [1.29, 1.82) is 0 Å². The number of rotatable bonds is 5. The van der Waals surface area contributed by atoms with Gasteiger partial charge in [0.1, 0.15) is 17.1 Å². The topological polar surface area (TPSA) is 124 Å². The van der Waals surface area contributed by atoms with E-state index in [0.717, 1.165) is 12.1 Å². The van der Waals surface area contributed by atoms with Gasteiger partial charge in [0.2, 0.25) is 0 Å². The number of phenolic OH excluding ortho intramolecular Hbond substituents is 1. The molecule has 0 aliphatic heterocycles. The van der Waals surface area contributed by atoms with Crippen LogP contribution in [0, 0.1) is 0 Å². The summed E-state index contributed by atoms with van der Waals surface area (Å²) in [4.78, 5) is 10.9. The predicted octanol–water partition coefficient (Wildman–Crippen LogP) is 3.26.